The van der Waals surface area contributed by atoms with Gasteiger partial charge in [-0.2, -0.15) is 0 Å². The Morgan fingerprint density at radius 1 is 1.00 bits per heavy atom. The van der Waals surface area contributed by atoms with E-state index >= 15 is 0 Å². The average Bonchev–Trinajstić information content (AvgIpc) is 2.41. The predicted molar refractivity (Wildman–Crippen MR) is 87.9 cm³/mol. The molecule has 0 atom stereocenters. The van der Waals surface area contributed by atoms with Gasteiger partial charge in [-0.25, -0.2) is 0 Å². The molecule has 0 aliphatic heterocycles. The number of aryl methyl sites for hydroxylation is 1. The van der Waals surface area contributed by atoms with Gasteiger partial charge in [-0.3, -0.25) is 0 Å². The van der Waals surface area contributed by atoms with Crippen molar-refractivity contribution in [2.75, 3.05) is 11.1 Å². The normalized spacial score (nSPS) is 10.8. The lowest BCUT2D eigenvalue weighted by molar-refractivity contribution is 0.647. The molecule has 0 radical (unpaired) electrons. The minimum atomic E-state index is 0.700. The van der Waals surface area contributed by atoms with Crippen molar-refractivity contribution in [2.24, 2.45) is 5.92 Å². The van der Waals surface area contributed by atoms with Crippen molar-refractivity contribution in [3.8, 4) is 0 Å². The molecule has 0 saturated heterocycles. The molecule has 0 bridgehead atoms. The van der Waals surface area contributed by atoms with Crippen LogP contribution in [0.15, 0.2) is 42.5 Å². The van der Waals surface area contributed by atoms with Crippen LogP contribution in [-0.2, 0) is 13.0 Å². The van der Waals surface area contributed by atoms with Gasteiger partial charge in [0.25, 0.3) is 0 Å². The molecule has 0 saturated carbocycles. The molecule has 0 unspecified atom stereocenters. The highest BCUT2D eigenvalue weighted by molar-refractivity contribution is 5.66. The summed E-state index contributed by atoms with van der Waals surface area (Å²) in [4.78, 5) is 0. The first-order valence-electron chi connectivity index (χ1n) is 7.22. The molecule has 2 heteroatoms. The second-order valence-electron chi connectivity index (χ2n) is 5.86. The minimum absolute atomic E-state index is 0.700. The lowest BCUT2D eigenvalue weighted by Crippen LogP contribution is -2.03. The zero-order chi connectivity index (χ0) is 14.5. The fourth-order valence-electron chi connectivity index (χ4n) is 2.29. The third-order valence-electron chi connectivity index (χ3n) is 3.36. The first kappa shape index (κ1) is 14.4. The van der Waals surface area contributed by atoms with Crippen LogP contribution in [0.2, 0.25) is 0 Å². The van der Waals surface area contributed by atoms with E-state index in [1.54, 1.807) is 0 Å². The number of benzene rings is 2. The Morgan fingerprint density at radius 2 is 1.65 bits per heavy atom. The average molecular weight is 268 g/mol. The Morgan fingerprint density at radius 3 is 2.30 bits per heavy atom. The van der Waals surface area contributed by atoms with Crippen LogP contribution in [0, 0.1) is 12.8 Å². The zero-order valence-corrected chi connectivity index (χ0v) is 12.6. The smallest absolute Gasteiger partial charge is 0.0579 e. The van der Waals surface area contributed by atoms with Crippen LogP contribution in [0.4, 0.5) is 11.4 Å². The molecular weight excluding hydrogens is 244 g/mol. The van der Waals surface area contributed by atoms with E-state index in [4.69, 9.17) is 5.73 Å². The number of hydrogen-bond donors (Lipinski definition) is 2. The van der Waals surface area contributed by atoms with Crippen LogP contribution in [0.25, 0.3) is 0 Å². The van der Waals surface area contributed by atoms with Gasteiger partial charge < -0.3 is 11.1 Å². The van der Waals surface area contributed by atoms with Gasteiger partial charge in [0.05, 0.1) is 11.4 Å². The molecule has 3 N–H and O–H groups in total. The summed E-state index contributed by atoms with van der Waals surface area (Å²) in [6, 6.07) is 14.9. The van der Waals surface area contributed by atoms with Crippen molar-refractivity contribution in [1.29, 1.82) is 0 Å². The van der Waals surface area contributed by atoms with Gasteiger partial charge in [-0.15, -0.1) is 0 Å². The summed E-state index contributed by atoms with van der Waals surface area (Å²) in [6.07, 6.45) is 1.14. The van der Waals surface area contributed by atoms with Gasteiger partial charge in [0.2, 0.25) is 0 Å². The highest BCUT2D eigenvalue weighted by atomic mass is 14.9. The number of nitrogens with one attached hydrogen (secondary N) is 1. The maximum absolute atomic E-state index is 5.97. The summed E-state index contributed by atoms with van der Waals surface area (Å²) in [5.74, 6) is 0.700. The highest BCUT2D eigenvalue weighted by Crippen LogP contribution is 2.20. The van der Waals surface area contributed by atoms with Crippen molar-refractivity contribution >= 4 is 11.4 Å². The van der Waals surface area contributed by atoms with E-state index in [1.165, 1.54) is 16.7 Å². The molecule has 0 amide bonds. The van der Waals surface area contributed by atoms with Gasteiger partial charge in [0, 0.05) is 6.54 Å². The van der Waals surface area contributed by atoms with Gasteiger partial charge in [-0.1, -0.05) is 44.2 Å². The molecule has 0 spiro atoms. The van der Waals surface area contributed by atoms with E-state index < -0.39 is 0 Å². The fraction of sp³-hybridized carbons (Fsp3) is 0.333. The number of anilines is 2. The second-order valence-corrected chi connectivity index (χ2v) is 5.86. The van der Waals surface area contributed by atoms with Gasteiger partial charge in [0.1, 0.15) is 0 Å². The number of nitrogen functional groups attached to an aromatic ring is 1. The minimum Gasteiger partial charge on any atom is -0.397 e. The topological polar surface area (TPSA) is 38.0 Å². The van der Waals surface area contributed by atoms with E-state index in [9.17, 15) is 0 Å². The first-order chi connectivity index (χ1) is 9.54. The molecular formula is C18H24N2. The summed E-state index contributed by atoms with van der Waals surface area (Å²) >= 11 is 0. The molecule has 2 rings (SSSR count). The van der Waals surface area contributed by atoms with Gasteiger partial charge >= 0.3 is 0 Å². The Kier molecular flexibility index (Phi) is 4.67. The number of nitrogens with two attached hydrogens (primary N) is 1. The Balaban J connectivity index is 1.98. The van der Waals surface area contributed by atoms with E-state index in [-0.39, 0.29) is 0 Å². The van der Waals surface area contributed by atoms with Crippen LogP contribution >= 0.6 is 0 Å². The summed E-state index contributed by atoms with van der Waals surface area (Å²) in [5.41, 5.74) is 11.7. The number of hydrogen-bond acceptors (Lipinski definition) is 2. The maximum Gasteiger partial charge on any atom is 0.0579 e. The van der Waals surface area contributed by atoms with Gasteiger partial charge in [-0.05, 0) is 48.1 Å². The third-order valence-corrected chi connectivity index (χ3v) is 3.36. The van der Waals surface area contributed by atoms with E-state index in [0.717, 1.165) is 24.3 Å². The van der Waals surface area contributed by atoms with Crippen LogP contribution in [0.3, 0.4) is 0 Å². The fourth-order valence-corrected chi connectivity index (χ4v) is 2.29. The van der Waals surface area contributed by atoms with Crippen LogP contribution in [0.1, 0.15) is 30.5 Å². The predicted octanol–water partition coefficient (Wildman–Crippen LogP) is 4.39. The Labute approximate surface area is 122 Å². The van der Waals surface area contributed by atoms with E-state index in [2.05, 4.69) is 56.4 Å². The van der Waals surface area contributed by atoms with Crippen molar-refractivity contribution in [3.05, 3.63) is 59.2 Å². The Hall–Kier alpha value is -1.96. The highest BCUT2D eigenvalue weighted by Gasteiger charge is 2.01. The zero-order valence-electron chi connectivity index (χ0n) is 12.6. The maximum atomic E-state index is 5.97. The molecule has 0 fully saturated rings. The third kappa shape index (κ3) is 4.02. The lowest BCUT2D eigenvalue weighted by Gasteiger charge is -2.11. The molecule has 20 heavy (non-hydrogen) atoms. The first-order valence-corrected chi connectivity index (χ1v) is 7.22. The van der Waals surface area contributed by atoms with Crippen molar-refractivity contribution in [1.82, 2.24) is 0 Å². The molecule has 0 aliphatic carbocycles. The number of rotatable bonds is 5. The van der Waals surface area contributed by atoms with Gasteiger partial charge in [0.15, 0.2) is 0 Å². The molecule has 0 heterocycles. The van der Waals surface area contributed by atoms with Crippen LogP contribution in [0.5, 0.6) is 0 Å². The summed E-state index contributed by atoms with van der Waals surface area (Å²) in [6.45, 7) is 7.37. The van der Waals surface area contributed by atoms with E-state index in [1.807, 2.05) is 12.1 Å². The quantitative estimate of drug-likeness (QED) is 0.789. The molecule has 106 valence electrons. The van der Waals surface area contributed by atoms with E-state index in [0.29, 0.717) is 5.92 Å². The SMILES string of the molecule is Cc1ccc(N)c(NCc2ccc(CC(C)C)cc2)c1. The molecule has 2 aromatic rings. The van der Waals surface area contributed by atoms with Crippen molar-refractivity contribution < 1.29 is 0 Å². The molecule has 2 nitrogen and oxygen atoms in total. The summed E-state index contributed by atoms with van der Waals surface area (Å²) in [7, 11) is 0. The van der Waals surface area contributed by atoms with Crippen molar-refractivity contribution in [2.45, 2.75) is 33.7 Å². The van der Waals surface area contributed by atoms with Crippen LogP contribution in [-0.4, -0.2) is 0 Å². The molecule has 0 aromatic heterocycles. The summed E-state index contributed by atoms with van der Waals surface area (Å²) in [5, 5.41) is 3.41. The van der Waals surface area contributed by atoms with Crippen molar-refractivity contribution in [3.63, 3.8) is 0 Å². The summed E-state index contributed by atoms with van der Waals surface area (Å²) < 4.78 is 0. The second kappa shape index (κ2) is 6.47. The van der Waals surface area contributed by atoms with Crippen LogP contribution < -0.4 is 11.1 Å². The largest absolute Gasteiger partial charge is 0.397 e. The molecule has 2 aromatic carbocycles. The standard InChI is InChI=1S/C18H24N2/c1-13(2)10-15-5-7-16(8-6-15)12-20-18-11-14(3)4-9-17(18)19/h4-9,11,13,20H,10,12,19H2,1-3H3. The monoisotopic (exact) mass is 268 g/mol. The molecule has 0 aliphatic rings. The Bertz CT molecular complexity index is 556. The lowest BCUT2D eigenvalue weighted by atomic mass is 10.0.